The smallest absolute Gasteiger partial charge is 0.263 e. The van der Waals surface area contributed by atoms with Gasteiger partial charge in [-0.05, 0) is 58.3 Å². The lowest BCUT2D eigenvalue weighted by Crippen LogP contribution is -2.24. The summed E-state index contributed by atoms with van der Waals surface area (Å²) in [4.78, 5) is 24.9. The Morgan fingerprint density at radius 2 is 1.17 bits per heavy atom. The summed E-state index contributed by atoms with van der Waals surface area (Å²) in [5.74, 6) is 0.953. The predicted octanol–water partition coefficient (Wildman–Crippen LogP) is 5.13. The normalized spacial score (nSPS) is 12.5. The van der Waals surface area contributed by atoms with Gasteiger partial charge < -0.3 is 20.1 Å². The molecule has 3 aromatic rings. The van der Waals surface area contributed by atoms with E-state index in [1.807, 2.05) is 48.5 Å². The second-order valence-corrected chi connectivity index (χ2v) is 8.33. The molecule has 2 unspecified atom stereocenters. The van der Waals surface area contributed by atoms with Crippen molar-refractivity contribution in [1.82, 2.24) is 10.3 Å². The Balaban J connectivity index is 1.54. The van der Waals surface area contributed by atoms with Crippen molar-refractivity contribution in [2.45, 2.75) is 52.4 Å². The molecule has 0 saturated carbocycles. The first kappa shape index (κ1) is 25.7. The number of nitrogens with one attached hydrogen (secondary N) is 2. The molecule has 2 N–H and O–H groups in total. The van der Waals surface area contributed by atoms with Gasteiger partial charge in [0, 0.05) is 0 Å². The van der Waals surface area contributed by atoms with Crippen LogP contribution >= 0.6 is 0 Å². The van der Waals surface area contributed by atoms with Crippen LogP contribution in [0.2, 0.25) is 0 Å². The number of aromatic nitrogens is 2. The third kappa shape index (κ3) is 7.05. The molecule has 1 heterocycles. The molecule has 9 nitrogen and oxygen atoms in total. The average Bonchev–Trinajstić information content (AvgIpc) is 3.31. The zero-order chi connectivity index (χ0) is 25.2. The van der Waals surface area contributed by atoms with Gasteiger partial charge in [0.2, 0.25) is 11.6 Å². The van der Waals surface area contributed by atoms with E-state index in [-0.39, 0.29) is 24.8 Å². The first-order valence-electron chi connectivity index (χ1n) is 11.8. The summed E-state index contributed by atoms with van der Waals surface area (Å²) in [5.41, 5.74) is 2.07. The molecule has 9 heteroatoms. The molecule has 0 aliphatic carbocycles. The lowest BCUT2D eigenvalue weighted by atomic mass is 9.98. The fraction of sp³-hybridized carbons (Fsp3) is 0.385. The topological polar surface area (TPSA) is 116 Å². The molecule has 3 rings (SSSR count). The van der Waals surface area contributed by atoms with E-state index in [0.29, 0.717) is 23.3 Å². The Morgan fingerprint density at radius 3 is 1.57 bits per heavy atom. The molecule has 0 spiro atoms. The van der Waals surface area contributed by atoms with Crippen molar-refractivity contribution in [3.8, 4) is 11.5 Å². The highest BCUT2D eigenvalue weighted by Crippen LogP contribution is 2.29. The number of ether oxygens (including phenoxy) is 2. The molecule has 0 bridgehead atoms. The van der Waals surface area contributed by atoms with Crippen LogP contribution < -0.4 is 20.1 Å². The number of amides is 2. The number of nitrogens with zero attached hydrogens (tertiary/aromatic N) is 2. The van der Waals surface area contributed by atoms with Crippen molar-refractivity contribution in [2.24, 2.45) is 0 Å². The van der Waals surface area contributed by atoms with Crippen LogP contribution in [0.4, 0.5) is 11.6 Å². The van der Waals surface area contributed by atoms with E-state index >= 15 is 0 Å². The van der Waals surface area contributed by atoms with E-state index in [1.54, 1.807) is 0 Å². The highest BCUT2D eigenvalue weighted by atomic mass is 16.6. The third-order valence-electron chi connectivity index (χ3n) is 5.85. The third-order valence-corrected chi connectivity index (χ3v) is 5.85. The molecule has 35 heavy (non-hydrogen) atoms. The molecule has 0 aliphatic heterocycles. The first-order chi connectivity index (χ1) is 16.9. The van der Waals surface area contributed by atoms with Crippen LogP contribution in [0.1, 0.15) is 63.5 Å². The summed E-state index contributed by atoms with van der Waals surface area (Å²) >= 11 is 0. The Bertz CT molecular complexity index is 1040. The number of hydrogen-bond donors (Lipinski definition) is 2. The number of para-hydroxylation sites is 2. The molecule has 186 valence electrons. The van der Waals surface area contributed by atoms with Crippen LogP contribution in [-0.4, -0.2) is 35.3 Å². The molecule has 2 amide bonds. The van der Waals surface area contributed by atoms with Gasteiger partial charge in [-0.2, -0.15) is 0 Å². The SMILES string of the molecule is CCC(C)c1ccccc1OCC(=O)Nc1nonc1NC(=O)COc1ccccc1C(C)CC. The summed E-state index contributed by atoms with van der Waals surface area (Å²) in [6.45, 7) is 7.93. The molecule has 0 fully saturated rings. The van der Waals surface area contributed by atoms with E-state index in [4.69, 9.17) is 14.1 Å². The van der Waals surface area contributed by atoms with E-state index in [2.05, 4.69) is 48.6 Å². The van der Waals surface area contributed by atoms with Crippen LogP contribution in [0.25, 0.3) is 0 Å². The highest BCUT2D eigenvalue weighted by molar-refractivity contribution is 5.98. The van der Waals surface area contributed by atoms with E-state index in [0.717, 1.165) is 24.0 Å². The summed E-state index contributed by atoms with van der Waals surface area (Å²) in [7, 11) is 0. The minimum absolute atomic E-state index is 0.0119. The van der Waals surface area contributed by atoms with Crippen molar-refractivity contribution >= 4 is 23.5 Å². The van der Waals surface area contributed by atoms with Gasteiger partial charge in [0.15, 0.2) is 13.2 Å². The van der Waals surface area contributed by atoms with Gasteiger partial charge in [-0.1, -0.05) is 64.1 Å². The molecule has 0 radical (unpaired) electrons. The van der Waals surface area contributed by atoms with Crippen LogP contribution in [0, 0.1) is 0 Å². The van der Waals surface area contributed by atoms with Gasteiger partial charge in [0.05, 0.1) is 0 Å². The summed E-state index contributed by atoms with van der Waals surface area (Å²) in [5, 5.41) is 12.4. The number of carbonyl (C=O) groups excluding carboxylic acids is 2. The van der Waals surface area contributed by atoms with Crippen molar-refractivity contribution < 1.29 is 23.7 Å². The van der Waals surface area contributed by atoms with E-state index in [1.165, 1.54) is 0 Å². The molecular weight excluding hydrogens is 448 g/mol. The lowest BCUT2D eigenvalue weighted by molar-refractivity contribution is -0.119. The second-order valence-electron chi connectivity index (χ2n) is 8.33. The maximum Gasteiger partial charge on any atom is 0.263 e. The van der Waals surface area contributed by atoms with E-state index < -0.39 is 11.8 Å². The molecule has 0 saturated heterocycles. The Kier molecular flexibility index (Phi) is 9.23. The number of benzene rings is 2. The summed E-state index contributed by atoms with van der Waals surface area (Å²) in [6.07, 6.45) is 1.90. The molecule has 2 atom stereocenters. The minimum atomic E-state index is -0.464. The van der Waals surface area contributed by atoms with Gasteiger partial charge in [0.1, 0.15) is 11.5 Å². The second kappa shape index (κ2) is 12.5. The average molecular weight is 481 g/mol. The fourth-order valence-corrected chi connectivity index (χ4v) is 3.45. The standard InChI is InChI=1S/C26H32N4O5/c1-5-17(3)19-11-7-9-13-21(19)33-15-23(31)27-25-26(30-35-29-25)28-24(32)16-34-22-14-10-8-12-20(22)18(4)6-2/h7-14,17-18H,5-6,15-16H2,1-4H3,(H,27,29,31)(H,28,30,32). The van der Waals surface area contributed by atoms with Gasteiger partial charge in [-0.15, -0.1) is 0 Å². The molecule has 2 aromatic carbocycles. The van der Waals surface area contributed by atoms with Crippen molar-refractivity contribution in [3.63, 3.8) is 0 Å². The Labute approximate surface area is 205 Å². The lowest BCUT2D eigenvalue weighted by Gasteiger charge is -2.15. The van der Waals surface area contributed by atoms with Crippen LogP contribution in [0.3, 0.4) is 0 Å². The van der Waals surface area contributed by atoms with Crippen molar-refractivity contribution in [1.29, 1.82) is 0 Å². The number of hydrogen-bond acceptors (Lipinski definition) is 7. The van der Waals surface area contributed by atoms with Gasteiger partial charge >= 0.3 is 0 Å². The zero-order valence-corrected chi connectivity index (χ0v) is 20.5. The van der Waals surface area contributed by atoms with Crippen LogP contribution in [-0.2, 0) is 9.59 Å². The van der Waals surface area contributed by atoms with Crippen LogP contribution in [0.15, 0.2) is 53.2 Å². The largest absolute Gasteiger partial charge is 0.483 e. The van der Waals surface area contributed by atoms with E-state index in [9.17, 15) is 9.59 Å². The number of carbonyl (C=O) groups is 2. The highest BCUT2D eigenvalue weighted by Gasteiger charge is 2.18. The number of rotatable bonds is 12. The maximum absolute atomic E-state index is 12.4. The monoisotopic (exact) mass is 480 g/mol. The number of anilines is 2. The summed E-state index contributed by atoms with van der Waals surface area (Å²) < 4.78 is 16.1. The predicted molar refractivity (Wildman–Crippen MR) is 133 cm³/mol. The summed E-state index contributed by atoms with van der Waals surface area (Å²) in [6, 6.07) is 15.2. The quantitative estimate of drug-likeness (QED) is 0.369. The van der Waals surface area contributed by atoms with Crippen molar-refractivity contribution in [2.75, 3.05) is 23.8 Å². The first-order valence-corrected chi connectivity index (χ1v) is 11.8. The zero-order valence-electron chi connectivity index (χ0n) is 20.5. The van der Waals surface area contributed by atoms with Crippen LogP contribution in [0.5, 0.6) is 11.5 Å². The van der Waals surface area contributed by atoms with Gasteiger partial charge in [-0.25, -0.2) is 4.63 Å². The minimum Gasteiger partial charge on any atom is -0.483 e. The molecule has 0 aliphatic rings. The van der Waals surface area contributed by atoms with Gasteiger partial charge in [-0.3, -0.25) is 9.59 Å². The maximum atomic E-state index is 12.4. The Morgan fingerprint density at radius 1 is 0.771 bits per heavy atom. The van der Waals surface area contributed by atoms with Crippen molar-refractivity contribution in [3.05, 3.63) is 59.7 Å². The molecular formula is C26H32N4O5. The molecule has 1 aromatic heterocycles. The van der Waals surface area contributed by atoms with Gasteiger partial charge in [0.25, 0.3) is 11.8 Å². The Hall–Kier alpha value is -3.88. The fourth-order valence-electron chi connectivity index (χ4n) is 3.45.